The quantitative estimate of drug-likeness (QED) is 0.0202. The van der Waals surface area contributed by atoms with Crippen LogP contribution in [0.25, 0.3) is 0 Å². The van der Waals surface area contributed by atoms with Gasteiger partial charge in [0.25, 0.3) is 0 Å². The van der Waals surface area contributed by atoms with Crippen LogP contribution in [-0.4, -0.2) is 49.3 Å². The van der Waals surface area contributed by atoms with Crippen molar-refractivity contribution in [1.82, 2.24) is 0 Å². The van der Waals surface area contributed by atoms with E-state index in [0.29, 0.717) is 0 Å². The minimum absolute atomic E-state index is 0.0427. The molecule has 0 aliphatic carbocycles. The Morgan fingerprint density at radius 2 is 0.965 bits per heavy atom. The van der Waals surface area contributed by atoms with Gasteiger partial charge in [0.2, 0.25) is 0 Å². The summed E-state index contributed by atoms with van der Waals surface area (Å²) in [7, 11) is -4.40. The number of ether oxygens (including phenoxy) is 2. The summed E-state index contributed by atoms with van der Waals surface area (Å²) in [6, 6.07) is 0. The number of carbonyl (C=O) groups excluding carboxylic acids is 2. The van der Waals surface area contributed by atoms with Crippen LogP contribution in [0.5, 0.6) is 0 Å². The third-order valence-corrected chi connectivity index (χ3v) is 11.4. The number of hydrogen-bond acceptors (Lipinski definition) is 8. The molecule has 0 fully saturated rings. The molecule has 0 radical (unpaired) electrons. The van der Waals surface area contributed by atoms with E-state index in [1.807, 2.05) is 12.2 Å². The molecule has 1 unspecified atom stereocenters. The topological polar surface area (TPSA) is 134 Å². The van der Waals surface area contributed by atoms with E-state index in [-0.39, 0.29) is 26.2 Å². The molecule has 0 aromatic carbocycles. The molecule has 0 aliphatic heterocycles. The molecule has 3 N–H and O–H groups in total. The minimum atomic E-state index is -4.40. The van der Waals surface area contributed by atoms with Gasteiger partial charge < -0.3 is 20.1 Å². The third-order valence-electron chi connectivity index (χ3n) is 10.4. The highest BCUT2D eigenvalue weighted by Crippen LogP contribution is 2.43. The van der Waals surface area contributed by atoms with Gasteiger partial charge in [-0.25, -0.2) is 9.36 Å². The molecule has 0 saturated carbocycles. The summed E-state index contributed by atoms with van der Waals surface area (Å²) in [5, 5.41) is 0. The number of carbonyl (C=O) groups is 2. The number of phosphoric acid groups is 1. The molecule has 2 atom stereocenters. The molecule has 10 heteroatoms. The number of esters is 2. The van der Waals surface area contributed by atoms with Crippen molar-refractivity contribution in [1.29, 1.82) is 0 Å². The monoisotopic (exact) mass is 828 g/mol. The third kappa shape index (κ3) is 43.9. The highest BCUT2D eigenvalue weighted by atomic mass is 31.2. The van der Waals surface area contributed by atoms with Gasteiger partial charge in [-0.05, 0) is 19.3 Å². The average molecular weight is 828 g/mol. The molecule has 57 heavy (non-hydrogen) atoms. The number of rotatable bonds is 45. The summed E-state index contributed by atoms with van der Waals surface area (Å²) in [5.41, 5.74) is 5.35. The Morgan fingerprint density at radius 3 is 1.39 bits per heavy atom. The summed E-state index contributed by atoms with van der Waals surface area (Å²) in [4.78, 5) is 34.8. The van der Waals surface area contributed by atoms with E-state index < -0.39 is 32.5 Å². The molecule has 9 nitrogen and oxygen atoms in total. The number of phosphoric ester groups is 1. The zero-order valence-electron chi connectivity index (χ0n) is 37.1. The summed E-state index contributed by atoms with van der Waals surface area (Å²) in [5.74, 6) is -1.07. The lowest BCUT2D eigenvalue weighted by Crippen LogP contribution is -2.29. The minimum Gasteiger partial charge on any atom is -0.462 e. The second-order valence-electron chi connectivity index (χ2n) is 16.1. The second-order valence-corrected chi connectivity index (χ2v) is 17.5. The maximum atomic E-state index is 12.5. The van der Waals surface area contributed by atoms with Crippen LogP contribution in [0.15, 0.2) is 24.3 Å². The van der Waals surface area contributed by atoms with Crippen molar-refractivity contribution in [2.75, 3.05) is 26.4 Å². The van der Waals surface area contributed by atoms with E-state index in [4.69, 9.17) is 24.3 Å². The maximum absolute atomic E-state index is 12.5. The molecule has 0 saturated heterocycles. The lowest BCUT2D eigenvalue weighted by molar-refractivity contribution is -0.157. The normalized spacial score (nSPS) is 13.4. The van der Waals surface area contributed by atoms with Crippen LogP contribution < -0.4 is 5.73 Å². The van der Waals surface area contributed by atoms with Crippen molar-refractivity contribution in [3.63, 3.8) is 0 Å². The van der Waals surface area contributed by atoms with Crippen LogP contribution in [0.4, 0.5) is 0 Å². The molecule has 0 rings (SSSR count). The standard InChI is InChI=1S/C47H90NO8P/c1-3-5-7-9-11-13-15-17-19-20-21-22-23-24-26-27-29-31-33-35-37-39-46(49)53-43-45(44-55-57(51,52)54-42-41-48)56-47(50)40-38-36-34-32-30-28-25-18-16-14-12-10-8-6-4-2/h34,36,38,40,45H,3-33,35,37,39,41-44,48H2,1-2H3,(H,51,52)/b36-34+,40-38+/t45-/m0/s1. The van der Waals surface area contributed by atoms with E-state index in [1.165, 1.54) is 186 Å². The second kappa shape index (κ2) is 44.1. The molecule has 0 aromatic heterocycles. The van der Waals surface area contributed by atoms with Gasteiger partial charge in [0.1, 0.15) is 6.61 Å². The van der Waals surface area contributed by atoms with E-state index in [0.717, 1.165) is 32.1 Å². The van der Waals surface area contributed by atoms with Gasteiger partial charge in [-0.1, -0.05) is 225 Å². The van der Waals surface area contributed by atoms with Gasteiger partial charge >= 0.3 is 19.8 Å². The van der Waals surface area contributed by atoms with Crippen LogP contribution in [-0.2, 0) is 32.7 Å². The Hall–Kier alpha value is -1.51. The van der Waals surface area contributed by atoms with Crippen LogP contribution in [0.1, 0.15) is 232 Å². The molecule has 0 aliphatic rings. The van der Waals surface area contributed by atoms with Gasteiger partial charge in [0.05, 0.1) is 13.2 Å². The van der Waals surface area contributed by atoms with Crippen LogP contribution in [0, 0.1) is 0 Å². The van der Waals surface area contributed by atoms with E-state index in [2.05, 4.69) is 13.8 Å². The van der Waals surface area contributed by atoms with Gasteiger partial charge in [-0.15, -0.1) is 0 Å². The number of hydrogen-bond donors (Lipinski definition) is 2. The Kier molecular flexibility index (Phi) is 42.9. The van der Waals surface area contributed by atoms with Crippen LogP contribution in [0.3, 0.4) is 0 Å². The zero-order chi connectivity index (χ0) is 41.8. The van der Waals surface area contributed by atoms with Crippen molar-refractivity contribution in [3.05, 3.63) is 24.3 Å². The number of unbranched alkanes of at least 4 members (excludes halogenated alkanes) is 31. The smallest absolute Gasteiger partial charge is 0.462 e. The first-order valence-corrected chi connectivity index (χ1v) is 25.4. The Bertz CT molecular complexity index is 990. The van der Waals surface area contributed by atoms with Gasteiger partial charge in [-0.3, -0.25) is 13.8 Å². The molecular weight excluding hydrogens is 737 g/mol. The van der Waals surface area contributed by atoms with E-state index in [9.17, 15) is 19.0 Å². The highest BCUT2D eigenvalue weighted by molar-refractivity contribution is 7.47. The molecule has 0 aromatic rings. The summed E-state index contributed by atoms with van der Waals surface area (Å²) in [6.45, 7) is 3.65. The Labute approximate surface area is 351 Å². The van der Waals surface area contributed by atoms with Crippen molar-refractivity contribution in [2.24, 2.45) is 5.73 Å². The van der Waals surface area contributed by atoms with E-state index >= 15 is 0 Å². The maximum Gasteiger partial charge on any atom is 0.472 e. The first kappa shape index (κ1) is 55.5. The zero-order valence-corrected chi connectivity index (χ0v) is 38.0. The first-order valence-electron chi connectivity index (χ1n) is 23.9. The van der Waals surface area contributed by atoms with Crippen molar-refractivity contribution in [3.8, 4) is 0 Å². The fourth-order valence-electron chi connectivity index (χ4n) is 6.90. The largest absolute Gasteiger partial charge is 0.472 e. The molecule has 0 spiro atoms. The fourth-order valence-corrected chi connectivity index (χ4v) is 7.66. The predicted molar refractivity (Wildman–Crippen MR) is 238 cm³/mol. The first-order chi connectivity index (χ1) is 27.8. The SMILES string of the molecule is CCCCCCCCCCCCC/C=C/C=C/C(=O)O[C@@H](COC(=O)CCCCCCCCCCCCCCCCCCCCCCC)COP(=O)(O)OCCN. The van der Waals surface area contributed by atoms with Crippen LogP contribution >= 0.6 is 7.82 Å². The average Bonchev–Trinajstić information content (AvgIpc) is 3.20. The molecule has 0 bridgehead atoms. The molecule has 0 amide bonds. The Morgan fingerprint density at radius 1 is 0.561 bits per heavy atom. The van der Waals surface area contributed by atoms with Gasteiger partial charge in [0.15, 0.2) is 6.10 Å². The summed E-state index contributed by atoms with van der Waals surface area (Å²) >= 11 is 0. The lowest BCUT2D eigenvalue weighted by atomic mass is 10.0. The fraction of sp³-hybridized carbons (Fsp3) is 0.872. The van der Waals surface area contributed by atoms with Crippen molar-refractivity contribution < 1.29 is 37.6 Å². The number of allylic oxidation sites excluding steroid dienone is 3. The molecule has 0 heterocycles. The van der Waals surface area contributed by atoms with Crippen molar-refractivity contribution in [2.45, 2.75) is 238 Å². The summed E-state index contributed by atoms with van der Waals surface area (Å²) in [6.07, 6.45) is 48.5. The predicted octanol–water partition coefficient (Wildman–Crippen LogP) is 13.9. The van der Waals surface area contributed by atoms with Crippen LogP contribution in [0.2, 0.25) is 0 Å². The molecular formula is C47H90NO8P. The summed E-state index contributed by atoms with van der Waals surface area (Å²) < 4.78 is 32.6. The highest BCUT2D eigenvalue weighted by Gasteiger charge is 2.25. The number of nitrogens with two attached hydrogens (primary N) is 1. The van der Waals surface area contributed by atoms with E-state index in [1.54, 1.807) is 6.08 Å². The van der Waals surface area contributed by atoms with Gasteiger partial charge in [0, 0.05) is 19.0 Å². The lowest BCUT2D eigenvalue weighted by Gasteiger charge is -2.19. The molecule has 336 valence electrons. The Balaban J connectivity index is 4.10. The van der Waals surface area contributed by atoms with Gasteiger partial charge in [-0.2, -0.15) is 0 Å². The van der Waals surface area contributed by atoms with Crippen molar-refractivity contribution >= 4 is 19.8 Å².